The first kappa shape index (κ1) is 23.1. The maximum Gasteiger partial charge on any atom is 0.317 e. The second kappa shape index (κ2) is 9.79. The molecular formula is C24H33ClN4O3. The van der Waals surface area contributed by atoms with Crippen molar-refractivity contribution in [3.8, 4) is 0 Å². The maximum absolute atomic E-state index is 13.2. The number of aliphatic imine (C=N–C) groups is 1. The Balaban J connectivity index is 1.34. The largest absolute Gasteiger partial charge is 0.468 e. The van der Waals surface area contributed by atoms with Crippen molar-refractivity contribution >= 4 is 29.3 Å². The van der Waals surface area contributed by atoms with E-state index in [0.29, 0.717) is 42.6 Å². The first-order valence-electron chi connectivity index (χ1n) is 11.7. The van der Waals surface area contributed by atoms with Crippen molar-refractivity contribution in [2.24, 2.45) is 16.6 Å². The summed E-state index contributed by atoms with van der Waals surface area (Å²) in [5.74, 6) is 1.01. The molecule has 1 aliphatic carbocycles. The Hall–Kier alpha value is -2.12. The number of amides is 2. The molecule has 32 heavy (non-hydrogen) atoms. The van der Waals surface area contributed by atoms with E-state index in [2.05, 4.69) is 12.2 Å². The third-order valence-corrected chi connectivity index (χ3v) is 7.16. The normalized spacial score (nSPS) is 28.2. The Morgan fingerprint density at radius 1 is 1.38 bits per heavy atom. The third-order valence-electron chi connectivity index (χ3n) is 6.83. The molecule has 2 amide bonds. The van der Waals surface area contributed by atoms with E-state index in [1.807, 2.05) is 23.1 Å². The number of ether oxygens (including phenoxy) is 1. The number of unbranched alkanes of at least 4 members (excludes halogenated alkanes) is 1. The summed E-state index contributed by atoms with van der Waals surface area (Å²) in [4.78, 5) is 32.0. The monoisotopic (exact) mass is 460 g/mol. The molecule has 4 rings (SSSR count). The highest BCUT2D eigenvalue weighted by molar-refractivity contribution is 6.32. The molecule has 1 saturated carbocycles. The predicted molar refractivity (Wildman–Crippen MR) is 125 cm³/mol. The zero-order chi connectivity index (χ0) is 22.7. The number of nitrogens with one attached hydrogen (secondary N) is 1. The van der Waals surface area contributed by atoms with Gasteiger partial charge in [-0.15, -0.1) is 0 Å². The number of halogens is 1. The van der Waals surface area contributed by atoms with Crippen LogP contribution in [0.25, 0.3) is 0 Å². The number of rotatable bonds is 7. The van der Waals surface area contributed by atoms with E-state index in [4.69, 9.17) is 27.1 Å². The summed E-state index contributed by atoms with van der Waals surface area (Å²) < 4.78 is 5.95. The SMILES string of the molecule is CC1CCN(C(=O)NCCCCC(N)C2=N[C@@]3(c4ccccc4Cl)CCC[C@@H](O2)C3=O)C1. The van der Waals surface area contributed by atoms with Crippen molar-refractivity contribution in [3.63, 3.8) is 0 Å². The fourth-order valence-electron chi connectivity index (χ4n) is 4.98. The van der Waals surface area contributed by atoms with Crippen LogP contribution in [0, 0.1) is 5.92 Å². The molecule has 7 nitrogen and oxygen atoms in total. The van der Waals surface area contributed by atoms with Gasteiger partial charge >= 0.3 is 6.03 Å². The number of carbonyl (C=O) groups excluding carboxylic acids is 2. The zero-order valence-corrected chi connectivity index (χ0v) is 19.4. The van der Waals surface area contributed by atoms with Crippen LogP contribution in [0.2, 0.25) is 5.02 Å². The Kier molecular flexibility index (Phi) is 7.05. The molecule has 2 fully saturated rings. The molecule has 1 aromatic rings. The van der Waals surface area contributed by atoms with Crippen molar-refractivity contribution in [1.82, 2.24) is 10.2 Å². The Labute approximate surface area is 194 Å². The molecule has 2 aliphatic heterocycles. The van der Waals surface area contributed by atoms with E-state index in [-0.39, 0.29) is 17.9 Å². The number of nitrogens with zero attached hydrogens (tertiary/aromatic N) is 2. The van der Waals surface area contributed by atoms with Crippen LogP contribution in [-0.2, 0) is 15.1 Å². The van der Waals surface area contributed by atoms with Crippen LogP contribution >= 0.6 is 11.6 Å². The molecule has 2 unspecified atom stereocenters. The average Bonchev–Trinajstić information content (AvgIpc) is 3.20. The summed E-state index contributed by atoms with van der Waals surface area (Å²) in [6.45, 7) is 4.46. The van der Waals surface area contributed by atoms with Crippen LogP contribution in [-0.4, -0.2) is 54.4 Å². The molecule has 1 aromatic carbocycles. The second-order valence-electron chi connectivity index (χ2n) is 9.33. The number of carbonyl (C=O) groups is 2. The molecule has 1 saturated heterocycles. The molecule has 2 heterocycles. The van der Waals surface area contributed by atoms with E-state index >= 15 is 0 Å². The molecular weight excluding hydrogens is 428 g/mol. The van der Waals surface area contributed by atoms with Crippen molar-refractivity contribution < 1.29 is 14.3 Å². The maximum atomic E-state index is 13.2. The minimum atomic E-state index is -0.993. The van der Waals surface area contributed by atoms with Gasteiger partial charge in [-0.25, -0.2) is 9.79 Å². The Bertz CT molecular complexity index is 892. The van der Waals surface area contributed by atoms with E-state index in [1.165, 1.54) is 0 Å². The lowest BCUT2D eigenvalue weighted by Gasteiger charge is -2.42. The number of Topliss-reactive ketones (excluding diaryl/α,β-unsaturated/α-hetero) is 1. The van der Waals surface area contributed by atoms with E-state index in [9.17, 15) is 9.59 Å². The van der Waals surface area contributed by atoms with Gasteiger partial charge in [0.2, 0.25) is 11.7 Å². The van der Waals surface area contributed by atoms with Crippen molar-refractivity contribution in [1.29, 1.82) is 0 Å². The Morgan fingerprint density at radius 2 is 2.19 bits per heavy atom. The quantitative estimate of drug-likeness (QED) is 0.607. The van der Waals surface area contributed by atoms with Gasteiger partial charge in [-0.3, -0.25) is 4.79 Å². The molecule has 0 spiro atoms. The van der Waals surface area contributed by atoms with Crippen molar-refractivity contribution in [2.75, 3.05) is 19.6 Å². The van der Waals surface area contributed by atoms with Gasteiger partial charge in [0.15, 0.2) is 11.6 Å². The van der Waals surface area contributed by atoms with E-state index in [0.717, 1.165) is 44.3 Å². The first-order valence-corrected chi connectivity index (χ1v) is 12.1. The van der Waals surface area contributed by atoms with Gasteiger partial charge in [0.1, 0.15) is 0 Å². The van der Waals surface area contributed by atoms with Crippen LogP contribution in [0.3, 0.4) is 0 Å². The van der Waals surface area contributed by atoms with Crippen molar-refractivity contribution in [2.45, 2.75) is 69.6 Å². The Morgan fingerprint density at radius 3 is 2.94 bits per heavy atom. The van der Waals surface area contributed by atoms with Crippen LogP contribution in [0.4, 0.5) is 4.79 Å². The fraction of sp³-hybridized carbons (Fsp3) is 0.625. The van der Waals surface area contributed by atoms with Gasteiger partial charge in [0.25, 0.3) is 0 Å². The number of benzene rings is 1. The number of ketones is 1. The summed E-state index contributed by atoms with van der Waals surface area (Å²) in [5.41, 5.74) is 6.18. The lowest BCUT2D eigenvalue weighted by atomic mass is 9.73. The van der Waals surface area contributed by atoms with Gasteiger partial charge < -0.3 is 20.7 Å². The predicted octanol–water partition coefficient (Wildman–Crippen LogP) is 3.63. The first-order chi connectivity index (χ1) is 15.4. The summed E-state index contributed by atoms with van der Waals surface area (Å²) in [6, 6.07) is 7.04. The molecule has 3 N–H and O–H groups in total. The summed E-state index contributed by atoms with van der Waals surface area (Å²) >= 11 is 6.46. The van der Waals surface area contributed by atoms with Gasteiger partial charge in [-0.2, -0.15) is 0 Å². The minimum Gasteiger partial charge on any atom is -0.468 e. The number of nitrogens with two attached hydrogens (primary N) is 1. The summed E-state index contributed by atoms with van der Waals surface area (Å²) in [7, 11) is 0. The van der Waals surface area contributed by atoms with E-state index in [1.54, 1.807) is 6.07 Å². The molecule has 174 valence electrons. The lowest BCUT2D eigenvalue weighted by Crippen LogP contribution is -2.54. The van der Waals surface area contributed by atoms with Gasteiger partial charge in [-0.1, -0.05) is 36.7 Å². The molecule has 8 heteroatoms. The topological polar surface area (TPSA) is 97.0 Å². The molecule has 3 aliphatic rings. The molecule has 4 atom stereocenters. The number of likely N-dealkylation sites (tertiary alicyclic amines) is 1. The summed E-state index contributed by atoms with van der Waals surface area (Å²) in [6.07, 6.45) is 5.04. The highest BCUT2D eigenvalue weighted by atomic mass is 35.5. The van der Waals surface area contributed by atoms with Gasteiger partial charge in [0, 0.05) is 30.2 Å². The van der Waals surface area contributed by atoms with Crippen LogP contribution in [0.15, 0.2) is 29.3 Å². The fourth-order valence-corrected chi connectivity index (χ4v) is 5.27. The standard InChI is InChI=1S/C24H33ClN4O3/c1-16-11-14-29(15-16)23(31)27-13-5-4-9-19(26)22-28-24(17-7-2-3-8-18(17)25)12-6-10-20(32-22)21(24)30/h2-3,7-8,16,19-20H,4-6,9-15,26H2,1H3,(H,27,31)/t16?,19?,20-,24-/m1/s1. The smallest absolute Gasteiger partial charge is 0.317 e. The van der Waals surface area contributed by atoms with Crippen molar-refractivity contribution in [3.05, 3.63) is 34.9 Å². The zero-order valence-electron chi connectivity index (χ0n) is 18.7. The number of hydrogen-bond donors (Lipinski definition) is 2. The lowest BCUT2D eigenvalue weighted by molar-refractivity contribution is -0.137. The summed E-state index contributed by atoms with van der Waals surface area (Å²) in [5, 5.41) is 3.54. The number of hydrogen-bond acceptors (Lipinski definition) is 5. The average molecular weight is 461 g/mol. The van der Waals surface area contributed by atoms with Crippen LogP contribution in [0.1, 0.15) is 57.4 Å². The highest BCUT2D eigenvalue weighted by Crippen LogP contribution is 2.44. The molecule has 0 radical (unpaired) electrons. The van der Waals surface area contributed by atoms with E-state index < -0.39 is 11.6 Å². The number of urea groups is 1. The van der Waals surface area contributed by atoms with Crippen LogP contribution < -0.4 is 11.1 Å². The third kappa shape index (κ3) is 4.64. The van der Waals surface area contributed by atoms with Gasteiger partial charge in [-0.05, 0) is 56.9 Å². The van der Waals surface area contributed by atoms with Gasteiger partial charge in [0.05, 0.1) is 6.04 Å². The minimum absolute atomic E-state index is 0.0201. The molecule has 2 bridgehead atoms. The van der Waals surface area contributed by atoms with Crippen LogP contribution in [0.5, 0.6) is 0 Å². The second-order valence-corrected chi connectivity index (χ2v) is 9.73. The molecule has 0 aromatic heterocycles. The highest BCUT2D eigenvalue weighted by Gasteiger charge is 2.52. The number of fused-ring (bicyclic) bond motifs is 2.